The minimum Gasteiger partial charge on any atom is -0.377 e. The van der Waals surface area contributed by atoms with Gasteiger partial charge in [-0.1, -0.05) is 16.9 Å². The first-order chi connectivity index (χ1) is 14.3. The van der Waals surface area contributed by atoms with Crippen molar-refractivity contribution in [2.45, 2.75) is 81.3 Å². The molecule has 0 amide bonds. The minimum atomic E-state index is -1.26. The van der Waals surface area contributed by atoms with Crippen molar-refractivity contribution >= 4 is 23.5 Å². The number of hydrogen-bond acceptors (Lipinski definition) is 6. The fourth-order valence-corrected chi connectivity index (χ4v) is 5.89. The molecule has 3 fully saturated rings. The van der Waals surface area contributed by atoms with Crippen LogP contribution < -0.4 is 21.3 Å². The number of fused-ring (bicyclic) bond motifs is 1. The second-order valence-corrected chi connectivity index (χ2v) is 9.79. The van der Waals surface area contributed by atoms with Crippen LogP contribution in [0, 0.1) is 11.8 Å². The summed E-state index contributed by atoms with van der Waals surface area (Å²) in [5.74, 6) is 1.08. The van der Waals surface area contributed by atoms with E-state index in [0.29, 0.717) is 42.7 Å². The van der Waals surface area contributed by atoms with Crippen molar-refractivity contribution in [2.75, 3.05) is 26.7 Å². The van der Waals surface area contributed by atoms with Gasteiger partial charge in [-0.2, -0.15) is 0 Å². The van der Waals surface area contributed by atoms with E-state index in [4.69, 9.17) is 28.3 Å². The van der Waals surface area contributed by atoms with Crippen LogP contribution in [0.3, 0.4) is 0 Å². The average molecular weight is 407 g/mol. The van der Waals surface area contributed by atoms with Crippen LogP contribution in [0.4, 0.5) is 0 Å². The van der Waals surface area contributed by atoms with E-state index in [9.17, 15) is 0 Å². The Hall–Kier alpha value is -0.305. The summed E-state index contributed by atoms with van der Waals surface area (Å²) in [6.45, 7) is 4.66. The van der Waals surface area contributed by atoms with E-state index in [0.717, 1.165) is 45.3 Å². The highest BCUT2D eigenvalue weighted by Gasteiger charge is 2.43. The summed E-state index contributed by atoms with van der Waals surface area (Å²) in [5.41, 5.74) is 1.50. The van der Waals surface area contributed by atoms with Crippen molar-refractivity contribution < 1.29 is 4.74 Å². The molecule has 1 saturated carbocycles. The summed E-state index contributed by atoms with van der Waals surface area (Å²) in [4.78, 5) is 1.96. The summed E-state index contributed by atoms with van der Waals surface area (Å²) in [7, 11) is 19.9. The lowest BCUT2D eigenvalue weighted by atomic mass is 9.48. The lowest BCUT2D eigenvalue weighted by Gasteiger charge is -2.43. The molecular weight excluding hydrogens is 371 g/mol. The minimum absolute atomic E-state index is 0.127. The van der Waals surface area contributed by atoms with Crippen molar-refractivity contribution in [3.05, 3.63) is 11.6 Å². The SMILES string of the molecule is [B]C([B])([B])N1CC=C(C2CC(NC3NC(C)CC(NC)N3)CC3CCOC32)CCC1. The highest BCUT2D eigenvalue weighted by Crippen LogP contribution is 2.43. The normalized spacial score (nSPS) is 41.1. The van der Waals surface area contributed by atoms with Gasteiger partial charge >= 0.3 is 0 Å². The zero-order chi connectivity index (χ0) is 21.3. The number of hydrogen-bond donors (Lipinski definition) is 4. The van der Waals surface area contributed by atoms with Crippen molar-refractivity contribution in [2.24, 2.45) is 11.8 Å². The summed E-state index contributed by atoms with van der Waals surface area (Å²) in [6, 6.07) is 0.936. The Morgan fingerprint density at radius 3 is 2.80 bits per heavy atom. The maximum absolute atomic E-state index is 6.25. The Morgan fingerprint density at radius 2 is 2.03 bits per heavy atom. The zero-order valence-electron chi connectivity index (χ0n) is 18.6. The van der Waals surface area contributed by atoms with Gasteiger partial charge in [0.1, 0.15) is 6.29 Å². The Balaban J connectivity index is 1.44. The molecule has 4 rings (SSSR count). The van der Waals surface area contributed by atoms with Crippen LogP contribution in [-0.4, -0.2) is 91.1 Å². The molecule has 7 atom stereocenters. The number of ether oxygens (including phenoxy) is 1. The third-order valence-electron chi connectivity index (χ3n) is 7.44. The van der Waals surface area contributed by atoms with Crippen LogP contribution in [0.2, 0.25) is 0 Å². The quantitative estimate of drug-likeness (QED) is 0.371. The van der Waals surface area contributed by atoms with E-state index >= 15 is 0 Å². The highest BCUT2D eigenvalue weighted by molar-refractivity contribution is 6.59. The Bertz CT molecular complexity index is 616. The van der Waals surface area contributed by atoms with Crippen LogP contribution in [0.5, 0.6) is 0 Å². The third-order valence-corrected chi connectivity index (χ3v) is 7.44. The first-order valence-corrected chi connectivity index (χ1v) is 11.7. The Kier molecular flexibility index (Phi) is 7.38. The second kappa shape index (κ2) is 9.68. The first kappa shape index (κ1) is 22.9. The van der Waals surface area contributed by atoms with Crippen LogP contribution >= 0.6 is 0 Å². The van der Waals surface area contributed by atoms with Gasteiger partial charge in [0.2, 0.25) is 0 Å². The molecule has 1 aliphatic carbocycles. The second-order valence-electron chi connectivity index (χ2n) is 9.79. The molecule has 30 heavy (non-hydrogen) atoms. The Morgan fingerprint density at radius 1 is 1.20 bits per heavy atom. The summed E-state index contributed by atoms with van der Waals surface area (Å²) in [5, 5.41) is 13.3. The van der Waals surface area contributed by atoms with Gasteiger partial charge in [0.25, 0.3) is 0 Å². The topological polar surface area (TPSA) is 60.6 Å². The van der Waals surface area contributed by atoms with E-state index < -0.39 is 5.24 Å². The predicted octanol–water partition coefficient (Wildman–Crippen LogP) is -0.301. The molecule has 0 bridgehead atoms. The van der Waals surface area contributed by atoms with Gasteiger partial charge in [0.05, 0.1) is 35.8 Å². The monoisotopic (exact) mass is 407 g/mol. The van der Waals surface area contributed by atoms with Crippen LogP contribution in [-0.2, 0) is 4.74 Å². The molecule has 9 heteroatoms. The Labute approximate surface area is 186 Å². The molecule has 4 N–H and O–H groups in total. The molecule has 6 radical (unpaired) electrons. The summed E-state index contributed by atoms with van der Waals surface area (Å²) < 4.78 is 6.25. The molecule has 0 aromatic carbocycles. The number of nitrogens with zero attached hydrogens (tertiary/aromatic N) is 1. The van der Waals surface area contributed by atoms with Crippen LogP contribution in [0.15, 0.2) is 11.6 Å². The largest absolute Gasteiger partial charge is 0.377 e. The molecule has 7 unspecified atom stereocenters. The van der Waals surface area contributed by atoms with Gasteiger partial charge in [-0.25, -0.2) is 0 Å². The van der Waals surface area contributed by atoms with Gasteiger partial charge < -0.3 is 15.0 Å². The fourth-order valence-electron chi connectivity index (χ4n) is 5.89. The van der Waals surface area contributed by atoms with Crippen LogP contribution in [0.25, 0.3) is 0 Å². The smallest absolute Gasteiger partial charge is 0.113 e. The lowest BCUT2D eigenvalue weighted by Crippen LogP contribution is -2.68. The molecule has 160 valence electrons. The van der Waals surface area contributed by atoms with Crippen molar-refractivity contribution in [3.63, 3.8) is 0 Å². The molecule has 0 spiro atoms. The molecule has 2 saturated heterocycles. The van der Waals surface area contributed by atoms with Crippen LogP contribution in [0.1, 0.15) is 45.4 Å². The lowest BCUT2D eigenvalue weighted by molar-refractivity contribution is 0.0177. The van der Waals surface area contributed by atoms with Gasteiger partial charge in [0, 0.05) is 31.2 Å². The van der Waals surface area contributed by atoms with Crippen molar-refractivity contribution in [3.8, 4) is 0 Å². The van der Waals surface area contributed by atoms with Gasteiger partial charge in [-0.15, -0.1) is 0 Å². The molecule has 6 nitrogen and oxygen atoms in total. The molecule has 0 aromatic rings. The standard InChI is InChI=1S/C21H36B3N5O/c1-13-10-18(25-2)28-20(26-13)27-16-11-15-6-9-30-19(15)17(12-16)14-4-3-7-29(8-5-14)21(22,23)24/h5,13,15-20,25-28H,3-4,6-12H2,1-2H3. The maximum Gasteiger partial charge on any atom is 0.113 e. The molecule has 3 aliphatic heterocycles. The molecular formula is C21H36B3N5O. The number of nitrogens with one attached hydrogen (secondary N) is 4. The van der Waals surface area contributed by atoms with Crippen molar-refractivity contribution in [1.29, 1.82) is 0 Å². The van der Waals surface area contributed by atoms with Gasteiger partial charge in [-0.3, -0.25) is 16.0 Å². The molecule has 3 heterocycles. The first-order valence-electron chi connectivity index (χ1n) is 11.7. The molecule has 4 aliphatic rings. The van der Waals surface area contributed by atoms with E-state index in [-0.39, 0.29) is 6.29 Å². The average Bonchev–Trinajstić information content (AvgIpc) is 3.00. The van der Waals surface area contributed by atoms with E-state index in [1.165, 1.54) is 12.0 Å². The van der Waals surface area contributed by atoms with Gasteiger partial charge in [0.15, 0.2) is 0 Å². The maximum atomic E-state index is 6.25. The zero-order valence-corrected chi connectivity index (χ0v) is 18.6. The van der Waals surface area contributed by atoms with E-state index in [1.54, 1.807) is 0 Å². The van der Waals surface area contributed by atoms with Crippen molar-refractivity contribution in [1.82, 2.24) is 26.2 Å². The fraction of sp³-hybridized carbons (Fsp3) is 0.905. The molecule has 0 aromatic heterocycles. The number of rotatable bonds is 5. The van der Waals surface area contributed by atoms with E-state index in [2.05, 4.69) is 34.3 Å². The third kappa shape index (κ3) is 5.36. The summed E-state index contributed by atoms with van der Waals surface area (Å²) >= 11 is 0. The highest BCUT2D eigenvalue weighted by atomic mass is 16.5. The predicted molar refractivity (Wildman–Crippen MR) is 123 cm³/mol. The van der Waals surface area contributed by atoms with E-state index in [1.807, 2.05) is 11.9 Å². The summed E-state index contributed by atoms with van der Waals surface area (Å²) in [6.07, 6.45) is 9.73. The van der Waals surface area contributed by atoms with Gasteiger partial charge in [-0.05, 0) is 65.0 Å².